The quantitative estimate of drug-likeness (QED) is 0.636. The van der Waals surface area contributed by atoms with Crippen LogP contribution in [0.2, 0.25) is 0 Å². The van der Waals surface area contributed by atoms with E-state index in [0.29, 0.717) is 38.0 Å². The van der Waals surface area contributed by atoms with Gasteiger partial charge in [-0.15, -0.1) is 0 Å². The fraction of sp³-hybridized carbons (Fsp3) is 0.500. The van der Waals surface area contributed by atoms with Gasteiger partial charge in [0, 0.05) is 30.9 Å². The molecule has 1 fully saturated rings. The molecule has 1 aliphatic rings. The molecule has 0 saturated carbocycles. The lowest BCUT2D eigenvalue weighted by molar-refractivity contribution is 0.122. The van der Waals surface area contributed by atoms with Crippen molar-refractivity contribution >= 4 is 15.8 Å². The molecule has 1 N–H and O–H groups in total. The Labute approximate surface area is 177 Å². The first-order valence-electron chi connectivity index (χ1n) is 9.99. The van der Waals surface area contributed by atoms with Gasteiger partial charge in [0.05, 0.1) is 33.0 Å². The van der Waals surface area contributed by atoms with E-state index in [2.05, 4.69) is 19.6 Å². The van der Waals surface area contributed by atoms with Crippen LogP contribution in [0.5, 0.6) is 11.5 Å². The Morgan fingerprint density at radius 3 is 2.53 bits per heavy atom. The number of benzene rings is 1. The van der Waals surface area contributed by atoms with Crippen molar-refractivity contribution in [2.75, 3.05) is 44.4 Å². The summed E-state index contributed by atoms with van der Waals surface area (Å²) in [4.78, 5) is 11.0. The van der Waals surface area contributed by atoms with Gasteiger partial charge in [0.2, 0.25) is 10.0 Å². The van der Waals surface area contributed by atoms with E-state index in [-0.39, 0.29) is 17.2 Å². The predicted molar refractivity (Wildman–Crippen MR) is 113 cm³/mol. The summed E-state index contributed by atoms with van der Waals surface area (Å²) in [6, 6.07) is 6.64. The van der Waals surface area contributed by atoms with Gasteiger partial charge >= 0.3 is 0 Å². The van der Waals surface area contributed by atoms with Crippen LogP contribution < -0.4 is 19.1 Å². The van der Waals surface area contributed by atoms with Gasteiger partial charge in [-0.3, -0.25) is 0 Å². The zero-order chi connectivity index (χ0) is 21.6. The molecular formula is C20H28N4O5S. The molecule has 0 bridgehead atoms. The number of sulfonamides is 1. The summed E-state index contributed by atoms with van der Waals surface area (Å²) in [6.07, 6.45) is 0. The number of anilines is 1. The van der Waals surface area contributed by atoms with Gasteiger partial charge < -0.3 is 19.1 Å². The van der Waals surface area contributed by atoms with E-state index >= 15 is 0 Å². The van der Waals surface area contributed by atoms with E-state index in [9.17, 15) is 8.42 Å². The fourth-order valence-corrected chi connectivity index (χ4v) is 4.25. The first-order valence-corrected chi connectivity index (χ1v) is 11.5. The monoisotopic (exact) mass is 436 g/mol. The largest absolute Gasteiger partial charge is 0.494 e. The van der Waals surface area contributed by atoms with E-state index in [0.717, 1.165) is 24.6 Å². The van der Waals surface area contributed by atoms with Crippen LogP contribution in [0.1, 0.15) is 25.4 Å². The number of rotatable bonds is 9. The molecule has 2 aromatic rings. The summed E-state index contributed by atoms with van der Waals surface area (Å²) in [5.74, 6) is 1.91. The normalized spacial score (nSPS) is 14.6. The van der Waals surface area contributed by atoms with Crippen molar-refractivity contribution in [3.8, 4) is 11.5 Å². The zero-order valence-corrected chi connectivity index (χ0v) is 18.4. The Bertz CT molecular complexity index is 962. The van der Waals surface area contributed by atoms with E-state index in [1.165, 1.54) is 6.07 Å². The number of morpholine rings is 1. The SMILES string of the molecule is CCOc1ccc(OCC)c(S(=O)(=O)NCc2nc(C)cc(N3CCOCC3)n2)c1. The molecule has 0 atom stereocenters. The van der Waals surface area contributed by atoms with Crippen LogP contribution in [0.15, 0.2) is 29.2 Å². The van der Waals surface area contributed by atoms with Crippen LogP contribution in [-0.4, -0.2) is 57.9 Å². The second kappa shape index (κ2) is 10.1. The fourth-order valence-electron chi connectivity index (χ4n) is 3.11. The number of nitrogens with one attached hydrogen (secondary N) is 1. The number of aromatic nitrogens is 2. The molecule has 0 unspecified atom stereocenters. The molecule has 0 aliphatic carbocycles. The van der Waals surface area contributed by atoms with Crippen LogP contribution in [0.25, 0.3) is 0 Å². The number of hydrogen-bond acceptors (Lipinski definition) is 8. The minimum Gasteiger partial charge on any atom is -0.494 e. The predicted octanol–water partition coefficient (Wildman–Crippen LogP) is 1.90. The van der Waals surface area contributed by atoms with Crippen LogP contribution in [0.3, 0.4) is 0 Å². The van der Waals surface area contributed by atoms with E-state index in [1.807, 2.05) is 19.9 Å². The summed E-state index contributed by atoms with van der Waals surface area (Å²) < 4.78 is 44.9. The molecule has 1 aromatic carbocycles. The van der Waals surface area contributed by atoms with Crippen molar-refractivity contribution in [3.63, 3.8) is 0 Å². The van der Waals surface area contributed by atoms with Gasteiger partial charge in [-0.25, -0.2) is 23.1 Å². The first kappa shape index (κ1) is 22.3. The van der Waals surface area contributed by atoms with E-state index in [1.54, 1.807) is 19.1 Å². The Morgan fingerprint density at radius 2 is 1.83 bits per heavy atom. The minimum atomic E-state index is -3.87. The maximum absolute atomic E-state index is 13.0. The Morgan fingerprint density at radius 1 is 1.10 bits per heavy atom. The summed E-state index contributed by atoms with van der Waals surface area (Å²) >= 11 is 0. The average Bonchev–Trinajstić information content (AvgIpc) is 2.74. The lowest BCUT2D eigenvalue weighted by Gasteiger charge is -2.28. The van der Waals surface area contributed by atoms with Gasteiger partial charge in [0.15, 0.2) is 0 Å². The first-order chi connectivity index (χ1) is 14.4. The van der Waals surface area contributed by atoms with Gasteiger partial charge in [0.25, 0.3) is 0 Å². The van der Waals surface area contributed by atoms with Crippen molar-refractivity contribution < 1.29 is 22.6 Å². The highest BCUT2D eigenvalue weighted by molar-refractivity contribution is 7.89. The van der Waals surface area contributed by atoms with Crippen molar-refractivity contribution in [2.24, 2.45) is 0 Å². The molecule has 164 valence electrons. The standard InChI is InChI=1S/C20H28N4O5S/c1-4-28-16-6-7-17(29-5-2)18(13-16)30(25,26)21-14-19-22-15(3)12-20(23-19)24-8-10-27-11-9-24/h6-7,12-13,21H,4-5,8-11,14H2,1-3H3. The molecule has 30 heavy (non-hydrogen) atoms. The van der Waals surface area contributed by atoms with Gasteiger partial charge in [0.1, 0.15) is 28.0 Å². The van der Waals surface area contributed by atoms with E-state index < -0.39 is 10.0 Å². The maximum atomic E-state index is 13.0. The Balaban J connectivity index is 1.81. The highest BCUT2D eigenvalue weighted by Gasteiger charge is 2.22. The van der Waals surface area contributed by atoms with Crippen molar-refractivity contribution in [2.45, 2.75) is 32.2 Å². The molecular weight excluding hydrogens is 408 g/mol. The van der Waals surface area contributed by atoms with Gasteiger partial charge in [-0.05, 0) is 32.9 Å². The topological polar surface area (TPSA) is 103 Å². The van der Waals surface area contributed by atoms with Crippen LogP contribution in [-0.2, 0) is 21.3 Å². The molecule has 0 amide bonds. The van der Waals surface area contributed by atoms with E-state index in [4.69, 9.17) is 14.2 Å². The molecule has 2 heterocycles. The number of ether oxygens (including phenoxy) is 3. The van der Waals surface area contributed by atoms with Gasteiger partial charge in [-0.2, -0.15) is 0 Å². The van der Waals surface area contributed by atoms with Crippen LogP contribution in [0.4, 0.5) is 5.82 Å². The lowest BCUT2D eigenvalue weighted by atomic mass is 10.3. The summed E-state index contributed by atoms with van der Waals surface area (Å²) in [7, 11) is -3.87. The van der Waals surface area contributed by atoms with Crippen molar-refractivity contribution in [1.82, 2.24) is 14.7 Å². The summed E-state index contributed by atoms with van der Waals surface area (Å²) in [5, 5.41) is 0. The Hall–Kier alpha value is -2.43. The maximum Gasteiger partial charge on any atom is 0.244 e. The third kappa shape index (κ3) is 5.59. The molecule has 1 saturated heterocycles. The van der Waals surface area contributed by atoms with Crippen LogP contribution >= 0.6 is 0 Å². The van der Waals surface area contributed by atoms with Crippen molar-refractivity contribution in [1.29, 1.82) is 0 Å². The lowest BCUT2D eigenvalue weighted by Crippen LogP contribution is -2.37. The molecule has 9 nitrogen and oxygen atoms in total. The van der Waals surface area contributed by atoms with Crippen molar-refractivity contribution in [3.05, 3.63) is 35.8 Å². The second-order valence-electron chi connectivity index (χ2n) is 6.68. The molecule has 10 heteroatoms. The van der Waals surface area contributed by atoms with Crippen LogP contribution in [0, 0.1) is 6.92 Å². The zero-order valence-electron chi connectivity index (χ0n) is 17.6. The molecule has 0 spiro atoms. The Kier molecular flexibility index (Phi) is 7.46. The highest BCUT2D eigenvalue weighted by atomic mass is 32.2. The molecule has 0 radical (unpaired) electrons. The number of nitrogens with zero attached hydrogens (tertiary/aromatic N) is 3. The molecule has 1 aliphatic heterocycles. The number of hydrogen-bond donors (Lipinski definition) is 1. The smallest absolute Gasteiger partial charge is 0.244 e. The number of aryl methyl sites for hydroxylation is 1. The minimum absolute atomic E-state index is 0.0244. The third-order valence-corrected chi connectivity index (χ3v) is 5.88. The molecule has 1 aromatic heterocycles. The summed E-state index contributed by atoms with van der Waals surface area (Å²) in [5.41, 5.74) is 0.772. The second-order valence-corrected chi connectivity index (χ2v) is 8.42. The summed E-state index contributed by atoms with van der Waals surface area (Å²) in [6.45, 7) is 9.00. The molecule has 3 rings (SSSR count). The average molecular weight is 437 g/mol. The highest BCUT2D eigenvalue weighted by Crippen LogP contribution is 2.28. The van der Waals surface area contributed by atoms with Gasteiger partial charge in [-0.1, -0.05) is 0 Å². The third-order valence-electron chi connectivity index (χ3n) is 4.46.